The zero-order chi connectivity index (χ0) is 11.9. The molecule has 1 unspecified atom stereocenters. The van der Waals surface area contributed by atoms with E-state index in [1.165, 1.54) is 4.31 Å². The van der Waals surface area contributed by atoms with Crippen molar-refractivity contribution in [2.75, 3.05) is 12.3 Å². The minimum Gasteiger partial charge on any atom is -0.392 e. The Hall–Kier alpha value is -0.130. The SMILES string of the molecule is CC(C)CS(=O)(=O)N1CC(O)CC1(C)C. The fraction of sp³-hybridized carbons (Fsp3) is 1.00. The molecule has 15 heavy (non-hydrogen) atoms. The molecule has 1 N–H and O–H groups in total. The molecule has 4 nitrogen and oxygen atoms in total. The monoisotopic (exact) mass is 235 g/mol. The third-order valence-electron chi connectivity index (χ3n) is 2.67. The van der Waals surface area contributed by atoms with Crippen molar-refractivity contribution in [1.82, 2.24) is 4.31 Å². The van der Waals surface area contributed by atoms with E-state index < -0.39 is 21.7 Å². The van der Waals surface area contributed by atoms with Crippen LogP contribution in [0.15, 0.2) is 0 Å². The van der Waals surface area contributed by atoms with Gasteiger partial charge in [-0.2, -0.15) is 4.31 Å². The molecule has 5 heteroatoms. The zero-order valence-electron chi connectivity index (χ0n) is 9.90. The lowest BCUT2D eigenvalue weighted by Crippen LogP contribution is -2.44. The van der Waals surface area contributed by atoms with Gasteiger partial charge in [0.15, 0.2) is 0 Å². The molecule has 1 aliphatic heterocycles. The van der Waals surface area contributed by atoms with E-state index in [0.29, 0.717) is 6.42 Å². The van der Waals surface area contributed by atoms with E-state index in [2.05, 4.69) is 0 Å². The lowest BCUT2D eigenvalue weighted by molar-refractivity contribution is 0.187. The smallest absolute Gasteiger partial charge is 0.214 e. The lowest BCUT2D eigenvalue weighted by atomic mass is 10.0. The molecule has 90 valence electrons. The number of nitrogens with zero attached hydrogens (tertiary/aromatic N) is 1. The summed E-state index contributed by atoms with van der Waals surface area (Å²) in [6, 6.07) is 0. The van der Waals surface area contributed by atoms with E-state index in [0.717, 1.165) is 0 Å². The molecular weight excluding hydrogens is 214 g/mol. The van der Waals surface area contributed by atoms with Gasteiger partial charge in [0.05, 0.1) is 11.9 Å². The summed E-state index contributed by atoms with van der Waals surface area (Å²) < 4.78 is 25.5. The first-order valence-corrected chi connectivity index (χ1v) is 6.94. The maximum absolute atomic E-state index is 12.0. The van der Waals surface area contributed by atoms with Crippen LogP contribution in [0.1, 0.15) is 34.1 Å². The second-order valence-corrected chi connectivity index (χ2v) is 7.31. The lowest BCUT2D eigenvalue weighted by Gasteiger charge is -2.30. The number of hydrogen-bond donors (Lipinski definition) is 1. The van der Waals surface area contributed by atoms with E-state index >= 15 is 0 Å². The van der Waals surface area contributed by atoms with Crippen LogP contribution in [0.2, 0.25) is 0 Å². The van der Waals surface area contributed by atoms with Gasteiger partial charge in [0.2, 0.25) is 10.0 Å². The van der Waals surface area contributed by atoms with Crippen molar-refractivity contribution in [1.29, 1.82) is 0 Å². The summed E-state index contributed by atoms with van der Waals surface area (Å²) in [4.78, 5) is 0. The Balaban J connectivity index is 2.88. The van der Waals surface area contributed by atoms with Gasteiger partial charge in [-0.3, -0.25) is 0 Å². The van der Waals surface area contributed by atoms with E-state index in [-0.39, 0.29) is 18.2 Å². The molecule has 1 rings (SSSR count). The fourth-order valence-corrected chi connectivity index (χ4v) is 4.43. The van der Waals surface area contributed by atoms with Gasteiger partial charge in [0.1, 0.15) is 0 Å². The molecular formula is C10H21NO3S. The molecule has 0 spiro atoms. The van der Waals surface area contributed by atoms with Crippen LogP contribution in [0.4, 0.5) is 0 Å². The van der Waals surface area contributed by atoms with Gasteiger partial charge in [0.25, 0.3) is 0 Å². The fourth-order valence-electron chi connectivity index (χ4n) is 2.18. The first-order chi connectivity index (χ1) is 6.65. The Bertz CT molecular complexity index is 322. The van der Waals surface area contributed by atoms with Gasteiger partial charge in [-0.25, -0.2) is 8.42 Å². The summed E-state index contributed by atoms with van der Waals surface area (Å²) in [5, 5.41) is 9.53. The Labute approximate surface area is 92.3 Å². The number of rotatable bonds is 3. The van der Waals surface area contributed by atoms with Gasteiger partial charge in [0, 0.05) is 12.1 Å². The Kier molecular flexibility index (Phi) is 3.48. The van der Waals surface area contributed by atoms with Crippen molar-refractivity contribution >= 4 is 10.0 Å². The normalized spacial score (nSPS) is 27.5. The van der Waals surface area contributed by atoms with Crippen LogP contribution >= 0.6 is 0 Å². The van der Waals surface area contributed by atoms with Crippen LogP contribution in [0.3, 0.4) is 0 Å². The van der Waals surface area contributed by atoms with Gasteiger partial charge < -0.3 is 5.11 Å². The van der Waals surface area contributed by atoms with Crippen LogP contribution in [0.25, 0.3) is 0 Å². The number of hydrogen-bond acceptors (Lipinski definition) is 3. The molecule has 0 amide bonds. The Morgan fingerprint density at radius 2 is 2.00 bits per heavy atom. The highest BCUT2D eigenvalue weighted by Crippen LogP contribution is 2.31. The van der Waals surface area contributed by atoms with E-state index in [1.54, 1.807) is 0 Å². The molecule has 1 heterocycles. The highest BCUT2D eigenvalue weighted by atomic mass is 32.2. The number of sulfonamides is 1. The van der Waals surface area contributed by atoms with Crippen molar-refractivity contribution in [2.24, 2.45) is 5.92 Å². The van der Waals surface area contributed by atoms with E-state index in [4.69, 9.17) is 0 Å². The number of β-amino-alcohol motifs (C(OH)–C–C–N with tert-alkyl or cyclic N) is 1. The molecule has 0 radical (unpaired) electrons. The molecule has 0 saturated carbocycles. The first kappa shape index (κ1) is 12.9. The molecule has 0 aromatic heterocycles. The van der Waals surface area contributed by atoms with Gasteiger partial charge in [-0.15, -0.1) is 0 Å². The van der Waals surface area contributed by atoms with Crippen LogP contribution in [-0.2, 0) is 10.0 Å². The topological polar surface area (TPSA) is 57.6 Å². The van der Waals surface area contributed by atoms with E-state index in [1.807, 2.05) is 27.7 Å². The third kappa shape index (κ3) is 2.92. The summed E-state index contributed by atoms with van der Waals surface area (Å²) in [5.41, 5.74) is -0.451. The standard InChI is InChI=1S/C10H21NO3S/c1-8(2)7-15(13,14)11-6-9(12)5-10(11,3)4/h8-9,12H,5-7H2,1-4H3. The maximum atomic E-state index is 12.0. The summed E-state index contributed by atoms with van der Waals surface area (Å²) in [5.74, 6) is 0.270. The van der Waals surface area contributed by atoms with Crippen LogP contribution in [-0.4, -0.2) is 41.8 Å². The van der Waals surface area contributed by atoms with Crippen molar-refractivity contribution < 1.29 is 13.5 Å². The average molecular weight is 235 g/mol. The van der Waals surface area contributed by atoms with Gasteiger partial charge >= 0.3 is 0 Å². The molecule has 0 aromatic carbocycles. The summed E-state index contributed by atoms with van der Waals surface area (Å²) in [6.45, 7) is 7.73. The molecule has 0 aromatic rings. The number of aliphatic hydroxyl groups excluding tert-OH is 1. The maximum Gasteiger partial charge on any atom is 0.214 e. The van der Waals surface area contributed by atoms with Gasteiger partial charge in [-0.05, 0) is 26.2 Å². The predicted molar refractivity (Wildman–Crippen MR) is 60.0 cm³/mol. The zero-order valence-corrected chi connectivity index (χ0v) is 10.7. The minimum atomic E-state index is -3.23. The van der Waals surface area contributed by atoms with Crippen LogP contribution < -0.4 is 0 Å². The third-order valence-corrected chi connectivity index (χ3v) is 5.07. The molecule has 1 atom stereocenters. The molecule has 0 aliphatic carbocycles. The molecule has 1 saturated heterocycles. The Morgan fingerprint density at radius 3 is 2.33 bits per heavy atom. The average Bonchev–Trinajstić information content (AvgIpc) is 2.21. The quantitative estimate of drug-likeness (QED) is 0.788. The van der Waals surface area contributed by atoms with Crippen molar-refractivity contribution in [3.63, 3.8) is 0 Å². The Morgan fingerprint density at radius 1 is 1.47 bits per heavy atom. The first-order valence-electron chi connectivity index (χ1n) is 5.34. The molecule has 1 fully saturated rings. The second-order valence-electron chi connectivity index (χ2n) is 5.37. The number of aliphatic hydroxyl groups is 1. The predicted octanol–water partition coefficient (Wildman–Crippen LogP) is 0.817. The minimum absolute atomic E-state index is 0.114. The van der Waals surface area contributed by atoms with Crippen molar-refractivity contribution in [3.05, 3.63) is 0 Å². The largest absolute Gasteiger partial charge is 0.392 e. The molecule has 0 bridgehead atoms. The van der Waals surface area contributed by atoms with Crippen LogP contribution in [0.5, 0.6) is 0 Å². The summed E-state index contributed by atoms with van der Waals surface area (Å²) >= 11 is 0. The highest BCUT2D eigenvalue weighted by molar-refractivity contribution is 7.89. The van der Waals surface area contributed by atoms with E-state index in [9.17, 15) is 13.5 Å². The van der Waals surface area contributed by atoms with Crippen LogP contribution in [0, 0.1) is 5.92 Å². The van der Waals surface area contributed by atoms with Crippen molar-refractivity contribution in [2.45, 2.75) is 45.8 Å². The summed E-state index contributed by atoms with van der Waals surface area (Å²) in [6.07, 6.45) is -0.00780. The second kappa shape index (κ2) is 4.03. The molecule has 1 aliphatic rings. The summed E-state index contributed by atoms with van der Waals surface area (Å²) in [7, 11) is -3.23. The van der Waals surface area contributed by atoms with Crippen molar-refractivity contribution in [3.8, 4) is 0 Å². The van der Waals surface area contributed by atoms with Gasteiger partial charge in [-0.1, -0.05) is 13.8 Å². The highest BCUT2D eigenvalue weighted by Gasteiger charge is 2.44.